The Kier molecular flexibility index (Phi) is 4.93. The van der Waals surface area contributed by atoms with Crippen molar-refractivity contribution < 1.29 is 4.74 Å². The Morgan fingerprint density at radius 1 is 1.37 bits per heavy atom. The number of aromatic nitrogens is 1. The minimum absolute atomic E-state index is 0.341. The van der Waals surface area contributed by atoms with Crippen LogP contribution >= 0.6 is 11.3 Å². The molecule has 0 spiro atoms. The van der Waals surface area contributed by atoms with E-state index in [1.54, 1.807) is 6.20 Å². The van der Waals surface area contributed by atoms with Gasteiger partial charge in [-0.05, 0) is 39.0 Å². The fourth-order valence-electron chi connectivity index (χ4n) is 1.88. The minimum atomic E-state index is 0.341. The van der Waals surface area contributed by atoms with E-state index in [9.17, 15) is 0 Å². The molecule has 4 heteroatoms. The molecule has 0 saturated carbocycles. The molecule has 0 fully saturated rings. The molecule has 1 atom stereocenters. The predicted molar refractivity (Wildman–Crippen MR) is 79.7 cm³/mol. The number of thiophene rings is 1. The van der Waals surface area contributed by atoms with E-state index < -0.39 is 0 Å². The number of nitrogens with zero attached hydrogens (tertiary/aromatic N) is 1. The van der Waals surface area contributed by atoms with Crippen LogP contribution in [0.3, 0.4) is 0 Å². The lowest BCUT2D eigenvalue weighted by atomic mass is 10.2. The Morgan fingerprint density at radius 2 is 2.21 bits per heavy atom. The van der Waals surface area contributed by atoms with Gasteiger partial charge in [-0.15, -0.1) is 11.3 Å². The summed E-state index contributed by atoms with van der Waals surface area (Å²) >= 11 is 1.84. The first-order chi connectivity index (χ1) is 9.20. The molecule has 2 aromatic heterocycles. The van der Waals surface area contributed by atoms with E-state index in [1.165, 1.54) is 9.75 Å². The molecule has 0 aromatic carbocycles. The second-order valence-electron chi connectivity index (χ2n) is 4.45. The molecule has 0 bridgehead atoms. The van der Waals surface area contributed by atoms with E-state index in [4.69, 9.17) is 4.74 Å². The van der Waals surface area contributed by atoms with Crippen molar-refractivity contribution in [3.8, 4) is 5.88 Å². The van der Waals surface area contributed by atoms with Crippen molar-refractivity contribution in [3.63, 3.8) is 0 Å². The quantitative estimate of drug-likeness (QED) is 0.873. The smallest absolute Gasteiger partial charge is 0.217 e. The number of hydrogen-bond donors (Lipinski definition) is 1. The molecule has 19 heavy (non-hydrogen) atoms. The maximum absolute atomic E-state index is 5.53. The fraction of sp³-hybridized carbons (Fsp3) is 0.400. The van der Waals surface area contributed by atoms with Crippen LogP contribution in [0.25, 0.3) is 0 Å². The first-order valence-electron chi connectivity index (χ1n) is 6.57. The number of nitrogens with one attached hydrogen (secondary N) is 1. The Bertz CT molecular complexity index is 524. The molecular formula is C15H20N2OS. The average molecular weight is 276 g/mol. The largest absolute Gasteiger partial charge is 0.478 e. The Morgan fingerprint density at radius 3 is 2.89 bits per heavy atom. The van der Waals surface area contributed by atoms with E-state index in [0.29, 0.717) is 12.6 Å². The summed E-state index contributed by atoms with van der Waals surface area (Å²) in [6, 6.07) is 8.68. The van der Waals surface area contributed by atoms with Crippen molar-refractivity contribution in [1.29, 1.82) is 0 Å². The molecule has 0 aliphatic heterocycles. The topological polar surface area (TPSA) is 34.1 Å². The monoisotopic (exact) mass is 276 g/mol. The molecule has 102 valence electrons. The zero-order valence-electron chi connectivity index (χ0n) is 11.6. The van der Waals surface area contributed by atoms with Crippen LogP contribution in [0.2, 0.25) is 0 Å². The summed E-state index contributed by atoms with van der Waals surface area (Å²) in [6.45, 7) is 7.70. The van der Waals surface area contributed by atoms with Crippen LogP contribution in [-0.4, -0.2) is 11.6 Å². The summed E-state index contributed by atoms with van der Waals surface area (Å²) < 4.78 is 5.53. The third-order valence-electron chi connectivity index (χ3n) is 2.92. The summed E-state index contributed by atoms with van der Waals surface area (Å²) in [4.78, 5) is 6.97. The second kappa shape index (κ2) is 6.68. The zero-order valence-corrected chi connectivity index (χ0v) is 12.5. The van der Waals surface area contributed by atoms with Gasteiger partial charge in [0.25, 0.3) is 0 Å². The van der Waals surface area contributed by atoms with Crippen molar-refractivity contribution in [2.75, 3.05) is 6.61 Å². The van der Waals surface area contributed by atoms with Crippen LogP contribution in [0.1, 0.15) is 35.2 Å². The molecule has 0 saturated heterocycles. The highest BCUT2D eigenvalue weighted by molar-refractivity contribution is 7.12. The number of pyridine rings is 1. The van der Waals surface area contributed by atoms with Crippen molar-refractivity contribution >= 4 is 11.3 Å². The SMILES string of the molecule is CCOc1ncccc1CNC(C)c1ccc(C)s1. The first-order valence-corrected chi connectivity index (χ1v) is 7.38. The van der Waals surface area contributed by atoms with Crippen LogP contribution in [0.5, 0.6) is 5.88 Å². The maximum atomic E-state index is 5.53. The highest BCUT2D eigenvalue weighted by atomic mass is 32.1. The third kappa shape index (κ3) is 3.78. The third-order valence-corrected chi connectivity index (χ3v) is 4.10. The number of rotatable bonds is 6. The number of ether oxygens (including phenoxy) is 1. The molecule has 3 nitrogen and oxygen atoms in total. The van der Waals surface area contributed by atoms with E-state index in [1.807, 2.05) is 24.3 Å². The van der Waals surface area contributed by atoms with Crippen LogP contribution in [-0.2, 0) is 6.54 Å². The molecular weight excluding hydrogens is 256 g/mol. The lowest BCUT2D eigenvalue weighted by Crippen LogP contribution is -2.18. The molecule has 2 rings (SSSR count). The van der Waals surface area contributed by atoms with Crippen LogP contribution in [0.4, 0.5) is 0 Å². The van der Waals surface area contributed by atoms with Gasteiger partial charge in [0.2, 0.25) is 5.88 Å². The van der Waals surface area contributed by atoms with Gasteiger partial charge in [0.05, 0.1) is 6.61 Å². The highest BCUT2D eigenvalue weighted by Gasteiger charge is 2.09. The van der Waals surface area contributed by atoms with Gasteiger partial charge in [-0.1, -0.05) is 6.07 Å². The van der Waals surface area contributed by atoms with Crippen molar-refractivity contribution in [3.05, 3.63) is 45.8 Å². The summed E-state index contributed by atoms with van der Waals surface area (Å²) in [7, 11) is 0. The van der Waals surface area contributed by atoms with Crippen LogP contribution < -0.4 is 10.1 Å². The van der Waals surface area contributed by atoms with Crippen molar-refractivity contribution in [1.82, 2.24) is 10.3 Å². The summed E-state index contributed by atoms with van der Waals surface area (Å²) in [5, 5.41) is 3.52. The zero-order chi connectivity index (χ0) is 13.7. The Labute approximate surface area is 118 Å². The van der Waals surface area contributed by atoms with Crippen LogP contribution in [0, 0.1) is 6.92 Å². The molecule has 1 unspecified atom stereocenters. The van der Waals surface area contributed by atoms with Gasteiger partial charge in [0.1, 0.15) is 0 Å². The van der Waals surface area contributed by atoms with Crippen LogP contribution in [0.15, 0.2) is 30.5 Å². The molecule has 2 aromatic rings. The van der Waals surface area contributed by atoms with Gasteiger partial charge in [-0.2, -0.15) is 0 Å². The molecule has 2 heterocycles. The van der Waals surface area contributed by atoms with Crippen molar-refractivity contribution in [2.24, 2.45) is 0 Å². The van der Waals surface area contributed by atoms with Gasteiger partial charge >= 0.3 is 0 Å². The minimum Gasteiger partial charge on any atom is -0.478 e. The molecule has 0 amide bonds. The normalized spacial score (nSPS) is 12.4. The van der Waals surface area contributed by atoms with E-state index >= 15 is 0 Å². The predicted octanol–water partition coefficient (Wildman–Crippen LogP) is 3.70. The average Bonchev–Trinajstić information content (AvgIpc) is 2.84. The summed E-state index contributed by atoms with van der Waals surface area (Å²) in [6.07, 6.45) is 1.76. The highest BCUT2D eigenvalue weighted by Crippen LogP contribution is 2.23. The van der Waals surface area contributed by atoms with Gasteiger partial charge in [-0.3, -0.25) is 0 Å². The van der Waals surface area contributed by atoms with E-state index in [-0.39, 0.29) is 0 Å². The Hall–Kier alpha value is -1.39. The standard InChI is InChI=1S/C15H20N2OS/c1-4-18-15-13(6-5-9-16-15)10-17-12(3)14-8-7-11(2)19-14/h5-9,12,17H,4,10H2,1-3H3. The molecule has 0 radical (unpaired) electrons. The number of hydrogen-bond acceptors (Lipinski definition) is 4. The number of aryl methyl sites for hydroxylation is 1. The molecule has 0 aliphatic rings. The maximum Gasteiger partial charge on any atom is 0.217 e. The second-order valence-corrected chi connectivity index (χ2v) is 5.77. The molecule has 0 aliphatic carbocycles. The first kappa shape index (κ1) is 14.0. The van der Waals surface area contributed by atoms with Gasteiger partial charge in [0.15, 0.2) is 0 Å². The van der Waals surface area contributed by atoms with Crippen molar-refractivity contribution in [2.45, 2.75) is 33.4 Å². The summed E-state index contributed by atoms with van der Waals surface area (Å²) in [5.74, 6) is 0.729. The Balaban J connectivity index is 1.98. The van der Waals surface area contributed by atoms with E-state index in [0.717, 1.165) is 18.0 Å². The summed E-state index contributed by atoms with van der Waals surface area (Å²) in [5.41, 5.74) is 1.10. The fourth-order valence-corrected chi connectivity index (χ4v) is 2.78. The van der Waals surface area contributed by atoms with Gasteiger partial charge in [-0.25, -0.2) is 4.98 Å². The van der Waals surface area contributed by atoms with E-state index in [2.05, 4.69) is 42.3 Å². The lowest BCUT2D eigenvalue weighted by Gasteiger charge is -2.14. The lowest BCUT2D eigenvalue weighted by molar-refractivity contribution is 0.321. The molecule has 1 N–H and O–H groups in total. The van der Waals surface area contributed by atoms with Gasteiger partial charge < -0.3 is 10.1 Å². The van der Waals surface area contributed by atoms with Gasteiger partial charge in [0, 0.05) is 34.1 Å².